The summed E-state index contributed by atoms with van der Waals surface area (Å²) in [5.74, 6) is 0. The van der Waals surface area contributed by atoms with Crippen molar-refractivity contribution in [1.82, 2.24) is 0 Å². The molecule has 0 aliphatic rings. The van der Waals surface area contributed by atoms with Crippen molar-refractivity contribution in [3.05, 3.63) is 9.07 Å². The summed E-state index contributed by atoms with van der Waals surface area (Å²) >= 11 is -0.670. The van der Waals surface area contributed by atoms with Crippen LogP contribution in [0.1, 0.15) is 59.3 Å². The van der Waals surface area contributed by atoms with E-state index in [9.17, 15) is 0 Å². The Morgan fingerprint density at radius 2 is 1.39 bits per heavy atom. The second-order valence-electron chi connectivity index (χ2n) is 5.09. The Labute approximate surface area is 124 Å². The number of nitrogens with zero attached hydrogens (tertiary/aromatic N) is 1. The molecule has 18 heavy (non-hydrogen) atoms. The van der Waals surface area contributed by atoms with Gasteiger partial charge in [-0.3, -0.25) is 0 Å². The Morgan fingerprint density at radius 3 is 1.72 bits per heavy atom. The van der Waals surface area contributed by atoms with Crippen LogP contribution in [0.4, 0.5) is 0 Å². The Kier molecular flexibility index (Phi) is 13.0. The molecule has 0 aliphatic heterocycles. The Bertz CT molecular complexity index is 236. The molecule has 0 aromatic rings. The normalized spacial score (nSPS) is 12.1. The zero-order valence-electron chi connectivity index (χ0n) is 12.3. The fourth-order valence-electron chi connectivity index (χ4n) is 2.37. The quantitative estimate of drug-likeness (QED) is 0.419. The van der Waals surface area contributed by atoms with Crippen molar-refractivity contribution in [2.24, 2.45) is 0 Å². The monoisotopic (exact) mass is 406 g/mol. The summed E-state index contributed by atoms with van der Waals surface area (Å²) in [5, 5.41) is 8.67. The molecular weight excluding hydrogens is 376 g/mol. The van der Waals surface area contributed by atoms with Crippen LogP contribution < -0.4 is 0 Å². The first-order valence-corrected chi connectivity index (χ1v) is 16.1. The van der Waals surface area contributed by atoms with E-state index >= 15 is 0 Å². The molecule has 0 aliphatic carbocycles. The second-order valence-corrected chi connectivity index (χ2v) is 18.9. The zero-order chi connectivity index (χ0) is 13.7. The zero-order valence-corrected chi connectivity index (χ0v) is 16.1. The standard InChI is InChI=1S/3C4H9.C2H2.CN.Cu.Sn/c3*1-3-4-2;2*1-2;;/h3*1,3-4H2,2H3;1-2H;;;. The van der Waals surface area contributed by atoms with E-state index < -0.39 is 18.4 Å². The minimum atomic E-state index is -2.07. The van der Waals surface area contributed by atoms with E-state index in [-0.39, 0.29) is 0 Å². The van der Waals surface area contributed by atoms with Crippen LogP contribution in [0.25, 0.3) is 0 Å². The molecule has 0 rings (SSSR count). The summed E-state index contributed by atoms with van der Waals surface area (Å²) in [6.07, 6.45) is 8.12. The molecule has 0 fully saturated rings. The molecule has 3 heteroatoms. The van der Waals surface area contributed by atoms with Gasteiger partial charge in [0.25, 0.3) is 0 Å². The minimum absolute atomic E-state index is 1.31. The van der Waals surface area contributed by atoms with Crippen LogP contribution in [0.2, 0.25) is 13.3 Å². The molecule has 0 heterocycles. The van der Waals surface area contributed by atoms with Crippen molar-refractivity contribution in [1.29, 1.82) is 5.26 Å². The van der Waals surface area contributed by atoms with Gasteiger partial charge in [0, 0.05) is 0 Å². The number of nitriles is 1. The predicted molar refractivity (Wildman–Crippen MR) is 79.7 cm³/mol. The van der Waals surface area contributed by atoms with Gasteiger partial charge in [-0.05, 0) is 0 Å². The molecule has 0 N–H and O–H groups in total. The molecule has 0 unspecified atom stereocenters. The van der Waals surface area contributed by atoms with E-state index in [4.69, 9.17) is 5.26 Å². The molecule has 0 spiro atoms. The Balaban J connectivity index is 4.68. The topological polar surface area (TPSA) is 23.8 Å². The summed E-state index contributed by atoms with van der Waals surface area (Å²) in [5.41, 5.74) is 0. The first-order chi connectivity index (χ1) is 8.74. The third kappa shape index (κ3) is 8.62. The van der Waals surface area contributed by atoms with E-state index in [1.807, 2.05) is 0 Å². The van der Waals surface area contributed by atoms with Crippen LogP contribution in [-0.4, -0.2) is 18.4 Å². The second kappa shape index (κ2) is 12.6. The SMILES string of the molecule is CCC[CH2][Sn]([CH]=[CH][Cu][C]#N)([CH2]CCC)[CH2]CCC. The molecule has 0 aromatic heterocycles. The molecule has 0 radical (unpaired) electrons. The number of unbranched alkanes of at least 4 members (excludes halogenated alkanes) is 3. The summed E-state index contributed by atoms with van der Waals surface area (Å²) in [6.45, 7) is 6.88. The summed E-state index contributed by atoms with van der Waals surface area (Å²) < 4.78 is 7.02. The number of hydrogen-bond donors (Lipinski definition) is 0. The van der Waals surface area contributed by atoms with Crippen molar-refractivity contribution >= 4 is 18.4 Å². The van der Waals surface area contributed by atoms with Gasteiger partial charge in [0.15, 0.2) is 0 Å². The Morgan fingerprint density at radius 1 is 0.944 bits per heavy atom. The van der Waals surface area contributed by atoms with Gasteiger partial charge < -0.3 is 0 Å². The van der Waals surface area contributed by atoms with Crippen LogP contribution in [0, 0.1) is 10.2 Å². The molecule has 0 saturated carbocycles. The van der Waals surface area contributed by atoms with E-state index in [0.29, 0.717) is 0 Å². The summed E-state index contributed by atoms with van der Waals surface area (Å²) in [7, 11) is 0. The van der Waals surface area contributed by atoms with Gasteiger partial charge in [0.2, 0.25) is 0 Å². The average molecular weight is 406 g/mol. The summed E-state index contributed by atoms with van der Waals surface area (Å²) in [4.78, 5) is 4.26. The van der Waals surface area contributed by atoms with Crippen LogP contribution in [0.15, 0.2) is 9.07 Å². The Hall–Kier alpha value is 0.548. The van der Waals surface area contributed by atoms with E-state index in [2.05, 4.69) is 34.8 Å². The average Bonchev–Trinajstić information content (AvgIpc) is 2.40. The molecule has 109 valence electrons. The first-order valence-electron chi connectivity index (χ1n) is 7.35. The van der Waals surface area contributed by atoms with Crippen molar-refractivity contribution in [3.8, 4) is 4.97 Å². The number of hydrogen-bond acceptors (Lipinski definition) is 1. The number of rotatable bonds is 11. The molecule has 1 nitrogen and oxygen atoms in total. The van der Waals surface area contributed by atoms with E-state index in [0.717, 1.165) is 0 Å². The van der Waals surface area contributed by atoms with Crippen LogP contribution in [0.5, 0.6) is 0 Å². The third-order valence-corrected chi connectivity index (χ3v) is 18.8. The molecule has 0 amide bonds. The van der Waals surface area contributed by atoms with Crippen molar-refractivity contribution < 1.29 is 15.0 Å². The van der Waals surface area contributed by atoms with Gasteiger partial charge in [0.05, 0.1) is 0 Å². The van der Waals surface area contributed by atoms with Gasteiger partial charge in [-0.1, -0.05) is 0 Å². The molecule has 0 saturated heterocycles. The van der Waals surface area contributed by atoms with Crippen molar-refractivity contribution in [2.45, 2.75) is 72.6 Å². The fourth-order valence-corrected chi connectivity index (χ4v) is 18.6. The third-order valence-electron chi connectivity index (χ3n) is 3.58. The van der Waals surface area contributed by atoms with Crippen molar-refractivity contribution in [3.63, 3.8) is 0 Å². The van der Waals surface area contributed by atoms with Gasteiger partial charge in [-0.15, -0.1) is 0 Å². The van der Waals surface area contributed by atoms with E-state index in [1.165, 1.54) is 66.8 Å². The molecule has 0 bridgehead atoms. The van der Waals surface area contributed by atoms with Gasteiger partial charge in [-0.2, -0.15) is 0 Å². The first kappa shape index (κ1) is 18.5. The predicted octanol–water partition coefficient (Wildman–Crippen LogP) is 5.45. The fraction of sp³-hybridized carbons (Fsp3) is 0.800. The van der Waals surface area contributed by atoms with Crippen LogP contribution in [-0.2, 0) is 15.0 Å². The van der Waals surface area contributed by atoms with Gasteiger partial charge in [0.1, 0.15) is 0 Å². The van der Waals surface area contributed by atoms with Crippen molar-refractivity contribution in [2.75, 3.05) is 0 Å². The maximum absolute atomic E-state index is 8.67. The van der Waals surface area contributed by atoms with Gasteiger partial charge >= 0.3 is 125 Å². The van der Waals surface area contributed by atoms with Crippen LogP contribution >= 0.6 is 0 Å². The summed E-state index contributed by atoms with van der Waals surface area (Å²) in [6, 6.07) is 0. The molecular formula is C15H29CuNSn. The molecule has 0 aromatic carbocycles. The van der Waals surface area contributed by atoms with Gasteiger partial charge in [-0.25, -0.2) is 0 Å². The molecule has 0 atom stereocenters. The maximum atomic E-state index is 8.67. The van der Waals surface area contributed by atoms with E-state index in [1.54, 1.807) is 0 Å². The van der Waals surface area contributed by atoms with Crippen LogP contribution in [0.3, 0.4) is 0 Å².